The van der Waals surface area contributed by atoms with Gasteiger partial charge in [-0.2, -0.15) is 0 Å². The van der Waals surface area contributed by atoms with Gasteiger partial charge in [-0.15, -0.1) is 11.3 Å². The van der Waals surface area contributed by atoms with E-state index in [1.807, 2.05) is 48.7 Å². The average Bonchev–Trinajstić information content (AvgIpc) is 4.23. The number of nitrogens with one attached hydrogen (secondary N) is 6. The Morgan fingerprint density at radius 3 is 2.14 bits per heavy atom. The molecule has 9 amide bonds. The van der Waals surface area contributed by atoms with Crippen LogP contribution < -0.4 is 30.9 Å². The van der Waals surface area contributed by atoms with E-state index in [1.165, 1.54) is 33.3 Å². The van der Waals surface area contributed by atoms with E-state index in [-0.39, 0.29) is 87.7 Å². The third-order valence-corrected chi connectivity index (χ3v) is 13.8. The van der Waals surface area contributed by atoms with Crippen molar-refractivity contribution in [1.29, 1.82) is 0 Å². The number of aromatic amines is 2. The number of amides is 9. The Bertz CT molecular complexity index is 3130. The van der Waals surface area contributed by atoms with E-state index < -0.39 is 24.5 Å². The first-order valence-corrected chi connectivity index (χ1v) is 24.1. The summed E-state index contributed by atoms with van der Waals surface area (Å²) < 4.78 is 6.84. The lowest BCUT2D eigenvalue weighted by Gasteiger charge is -2.34. The molecule has 366 valence electrons. The Balaban J connectivity index is 0.725. The minimum absolute atomic E-state index is 0.150. The Kier molecular flexibility index (Phi) is 13.9. The summed E-state index contributed by atoms with van der Waals surface area (Å²) in [4.78, 5) is 126. The second-order valence-electron chi connectivity index (χ2n) is 17.4. The van der Waals surface area contributed by atoms with Crippen molar-refractivity contribution in [3.63, 3.8) is 0 Å². The molecule has 6 aromatic rings. The molecule has 3 aromatic carbocycles. The van der Waals surface area contributed by atoms with Gasteiger partial charge in [-0.05, 0) is 79.1 Å². The highest BCUT2D eigenvalue weighted by Crippen LogP contribution is 2.45. The monoisotopic (exact) mass is 982 g/mol. The van der Waals surface area contributed by atoms with Crippen LogP contribution in [0.5, 0.6) is 5.75 Å². The first kappa shape index (κ1) is 47.7. The first-order chi connectivity index (χ1) is 34.3. The lowest BCUT2D eigenvalue weighted by molar-refractivity contribution is -0.137. The average molecular weight is 983 g/mol. The molecule has 21 heteroatoms. The Morgan fingerprint density at radius 2 is 1.38 bits per heavy atom. The Hall–Kier alpha value is -8.33. The molecule has 0 radical (unpaired) electrons. The molecular weight excluding hydrogens is 933 g/mol. The van der Waals surface area contributed by atoms with Gasteiger partial charge < -0.3 is 50.7 Å². The van der Waals surface area contributed by atoms with Crippen molar-refractivity contribution >= 4 is 108 Å². The minimum atomic E-state index is -0.605. The summed E-state index contributed by atoms with van der Waals surface area (Å²) in [5.41, 5.74) is 5.57. The molecular formula is C50H50N10O10S. The number of ether oxygens (including phenoxy) is 1. The van der Waals surface area contributed by atoms with Crippen molar-refractivity contribution < 1.29 is 47.9 Å². The van der Waals surface area contributed by atoms with E-state index in [9.17, 15) is 43.2 Å². The molecule has 0 unspecified atom stereocenters. The fraction of sp³-hybridized carbons (Fsp3) is 0.300. The molecule has 1 fully saturated rings. The van der Waals surface area contributed by atoms with E-state index >= 15 is 0 Å². The summed E-state index contributed by atoms with van der Waals surface area (Å²) in [5.74, 6) is -2.85. The van der Waals surface area contributed by atoms with E-state index in [0.717, 1.165) is 47.9 Å². The summed E-state index contributed by atoms with van der Waals surface area (Å²) in [6.45, 7) is 2.34. The van der Waals surface area contributed by atoms with Crippen LogP contribution in [0.25, 0.3) is 31.9 Å². The zero-order valence-electron chi connectivity index (χ0n) is 38.7. The lowest BCUT2D eigenvalue weighted by atomic mass is 10.0. The lowest BCUT2D eigenvalue weighted by Crippen LogP contribution is -2.53. The number of thiophene rings is 1. The molecule has 9 rings (SSSR count). The van der Waals surface area contributed by atoms with Crippen molar-refractivity contribution in [1.82, 2.24) is 40.6 Å². The van der Waals surface area contributed by atoms with Crippen LogP contribution in [0.2, 0.25) is 0 Å². The maximum Gasteiger partial charge on any atom is 0.415 e. The number of fused-ring (bicyclic) bond motifs is 5. The zero-order valence-corrected chi connectivity index (χ0v) is 39.5. The quantitative estimate of drug-likeness (QED) is 0.0598. The SMILES string of the molecule is Cc1csc2c(OC(=O)N3CCN(C(=O)CNC(=O)CNC(=O)CNC(=O)CCCCCN4C(=O)C=CC4=O)CC3)cc3c(c12)CCN3C(=O)c1cc2cc(NC(=O)c3cc4ccccc4[nH]3)ccc2[nH]1. The van der Waals surface area contributed by atoms with Crippen LogP contribution in [0.1, 0.15) is 57.8 Å². The molecule has 6 heterocycles. The van der Waals surface area contributed by atoms with Crippen LogP contribution in [-0.4, -0.2) is 137 Å². The van der Waals surface area contributed by atoms with E-state index in [0.29, 0.717) is 60.7 Å². The Morgan fingerprint density at radius 1 is 0.704 bits per heavy atom. The number of piperazine rings is 1. The van der Waals surface area contributed by atoms with Crippen molar-refractivity contribution in [2.75, 3.05) is 69.1 Å². The molecule has 0 spiro atoms. The van der Waals surface area contributed by atoms with Gasteiger partial charge in [-0.1, -0.05) is 24.6 Å². The highest BCUT2D eigenvalue weighted by molar-refractivity contribution is 7.17. The summed E-state index contributed by atoms with van der Waals surface area (Å²) >= 11 is 1.45. The predicted octanol–water partition coefficient (Wildman–Crippen LogP) is 4.10. The highest BCUT2D eigenvalue weighted by atomic mass is 32.1. The van der Waals surface area contributed by atoms with Crippen LogP contribution in [0.15, 0.2) is 78.2 Å². The number of carbonyl (C=O) groups is 9. The van der Waals surface area contributed by atoms with Gasteiger partial charge in [-0.3, -0.25) is 43.3 Å². The maximum absolute atomic E-state index is 14.2. The number of anilines is 2. The van der Waals surface area contributed by atoms with Crippen molar-refractivity contribution in [3.8, 4) is 5.75 Å². The number of hydrogen-bond donors (Lipinski definition) is 6. The minimum Gasteiger partial charge on any atom is -0.409 e. The number of aromatic nitrogens is 2. The molecule has 1 saturated heterocycles. The number of para-hydroxylation sites is 1. The van der Waals surface area contributed by atoms with Crippen molar-refractivity contribution in [2.45, 2.75) is 39.0 Å². The number of nitrogens with zero attached hydrogens (tertiary/aromatic N) is 4. The van der Waals surface area contributed by atoms with Gasteiger partial charge in [0, 0.05) is 96.8 Å². The number of benzene rings is 3. The number of rotatable bonds is 16. The van der Waals surface area contributed by atoms with Crippen molar-refractivity contribution in [2.24, 2.45) is 0 Å². The van der Waals surface area contributed by atoms with Gasteiger partial charge in [0.1, 0.15) is 11.4 Å². The van der Waals surface area contributed by atoms with Crippen LogP contribution >= 0.6 is 11.3 Å². The number of unbranched alkanes of at least 4 members (excludes halogenated alkanes) is 2. The Labute approximate surface area is 409 Å². The molecule has 0 saturated carbocycles. The van der Waals surface area contributed by atoms with Crippen LogP contribution in [0.4, 0.5) is 16.2 Å². The molecule has 71 heavy (non-hydrogen) atoms. The van der Waals surface area contributed by atoms with Gasteiger partial charge in [0.25, 0.3) is 23.6 Å². The topological polar surface area (TPSA) is 256 Å². The summed E-state index contributed by atoms with van der Waals surface area (Å²) in [6, 6.07) is 18.3. The van der Waals surface area contributed by atoms with Gasteiger partial charge >= 0.3 is 6.09 Å². The molecule has 20 nitrogen and oxygen atoms in total. The first-order valence-electron chi connectivity index (χ1n) is 23.2. The summed E-state index contributed by atoms with van der Waals surface area (Å²) in [7, 11) is 0. The number of aryl methyl sites for hydroxylation is 1. The number of hydrogen-bond acceptors (Lipinski definition) is 11. The van der Waals surface area contributed by atoms with E-state index in [4.69, 9.17) is 4.74 Å². The predicted molar refractivity (Wildman–Crippen MR) is 264 cm³/mol. The number of H-pyrrole nitrogens is 2. The second kappa shape index (κ2) is 20.7. The normalized spacial score (nSPS) is 14.4. The van der Waals surface area contributed by atoms with E-state index in [2.05, 4.69) is 31.2 Å². The number of carbonyl (C=O) groups excluding carboxylic acids is 9. The maximum atomic E-state index is 14.2. The largest absolute Gasteiger partial charge is 0.415 e. The smallest absolute Gasteiger partial charge is 0.409 e. The fourth-order valence-corrected chi connectivity index (χ4v) is 9.96. The molecule has 0 atom stereocenters. The molecule has 0 bridgehead atoms. The van der Waals surface area contributed by atoms with Gasteiger partial charge in [0.05, 0.1) is 30.0 Å². The van der Waals surface area contributed by atoms with Gasteiger partial charge in [0.15, 0.2) is 5.75 Å². The molecule has 3 aliphatic rings. The van der Waals surface area contributed by atoms with Crippen LogP contribution in [0.3, 0.4) is 0 Å². The highest BCUT2D eigenvalue weighted by Gasteiger charge is 2.33. The third kappa shape index (κ3) is 10.6. The summed E-state index contributed by atoms with van der Waals surface area (Å²) in [6.07, 6.45) is 4.25. The van der Waals surface area contributed by atoms with Gasteiger partial charge in [-0.25, -0.2) is 4.79 Å². The number of imide groups is 1. The van der Waals surface area contributed by atoms with Crippen LogP contribution in [-0.2, 0) is 35.2 Å². The van der Waals surface area contributed by atoms with Gasteiger partial charge in [0.2, 0.25) is 23.6 Å². The standard InChI is InChI=1S/C50H50N10O10S/c1-29-28-71-47-39(24-38-33(46(29)47)14-16-59(38)49(68)37-23-31-21-32(10-11-35(31)56-37)54-48(67)36-22-30-7-4-5-8-34(30)55-36)70-50(69)58-19-17-57(18-20-58)45(66)27-53-42(63)26-52-41(62)25-51-40(61)9-3-2-6-15-60-43(64)12-13-44(60)65/h4-5,7-8,10-13,21-24,28,55-56H,2-3,6,9,14-20,25-27H2,1H3,(H,51,61)(H,52,62)(H,53,63)(H,54,67). The third-order valence-electron chi connectivity index (χ3n) is 12.7. The molecule has 3 aromatic heterocycles. The fourth-order valence-electron chi connectivity index (χ4n) is 8.93. The summed E-state index contributed by atoms with van der Waals surface area (Å²) in [5, 5.41) is 14.9. The second-order valence-corrected chi connectivity index (χ2v) is 18.3. The van der Waals surface area contributed by atoms with Crippen molar-refractivity contribution in [3.05, 3.63) is 101 Å². The van der Waals surface area contributed by atoms with E-state index in [1.54, 1.807) is 29.2 Å². The zero-order chi connectivity index (χ0) is 49.8. The molecule has 0 aliphatic carbocycles. The van der Waals surface area contributed by atoms with Crippen LogP contribution in [0, 0.1) is 6.92 Å². The molecule has 6 N–H and O–H groups in total. The molecule has 3 aliphatic heterocycles.